The summed E-state index contributed by atoms with van der Waals surface area (Å²) >= 11 is 2.02. The Labute approximate surface area is 202 Å². The summed E-state index contributed by atoms with van der Waals surface area (Å²) in [6.07, 6.45) is 0.969. The van der Waals surface area contributed by atoms with Crippen molar-refractivity contribution in [3.8, 4) is 0 Å². The van der Waals surface area contributed by atoms with E-state index in [-0.39, 0.29) is 6.03 Å². The molecule has 2 aliphatic rings. The highest BCUT2D eigenvalue weighted by Gasteiger charge is 2.17. The van der Waals surface area contributed by atoms with Gasteiger partial charge < -0.3 is 20.4 Å². The minimum Gasteiger partial charge on any atom is -0.370 e. The minimum atomic E-state index is -0.118. The Morgan fingerprint density at radius 1 is 0.939 bits per heavy atom. The molecule has 6 nitrogen and oxygen atoms in total. The molecular weight excluding hydrogens is 430 g/mol. The maximum absolute atomic E-state index is 12.4. The average Bonchev–Trinajstić information content (AvgIpc) is 2.85. The van der Waals surface area contributed by atoms with Crippen LogP contribution in [0.3, 0.4) is 0 Å². The highest BCUT2D eigenvalue weighted by molar-refractivity contribution is 7.99. The Morgan fingerprint density at radius 3 is 2.39 bits per heavy atom. The first-order valence-corrected chi connectivity index (χ1v) is 13.3. The highest BCUT2D eigenvalue weighted by atomic mass is 32.2. The van der Waals surface area contributed by atoms with Gasteiger partial charge in [0, 0.05) is 75.2 Å². The van der Waals surface area contributed by atoms with Gasteiger partial charge in [0.05, 0.1) is 0 Å². The molecule has 7 heteroatoms. The van der Waals surface area contributed by atoms with E-state index in [0.717, 1.165) is 70.0 Å². The van der Waals surface area contributed by atoms with E-state index in [0.29, 0.717) is 6.54 Å². The molecule has 0 atom stereocenters. The van der Waals surface area contributed by atoms with Crippen molar-refractivity contribution in [2.24, 2.45) is 0 Å². The van der Waals surface area contributed by atoms with Gasteiger partial charge in [-0.25, -0.2) is 4.79 Å². The quantitative estimate of drug-likeness (QED) is 0.577. The van der Waals surface area contributed by atoms with Gasteiger partial charge in [-0.05, 0) is 49.2 Å². The third-order valence-corrected chi connectivity index (χ3v) is 7.43. The number of benzene rings is 2. The molecule has 0 spiro atoms. The predicted octanol–water partition coefficient (Wildman–Crippen LogP) is 3.88. The molecule has 4 rings (SSSR count). The molecule has 2 saturated heterocycles. The molecule has 2 heterocycles. The molecule has 178 valence electrons. The number of aryl methyl sites for hydroxylation is 1. The van der Waals surface area contributed by atoms with Crippen LogP contribution in [0, 0.1) is 6.92 Å². The van der Waals surface area contributed by atoms with Crippen molar-refractivity contribution in [2.45, 2.75) is 19.9 Å². The van der Waals surface area contributed by atoms with Gasteiger partial charge in [-0.15, -0.1) is 0 Å². The topological polar surface area (TPSA) is 50.9 Å². The van der Waals surface area contributed by atoms with Crippen LogP contribution < -0.4 is 15.5 Å². The van der Waals surface area contributed by atoms with Crippen molar-refractivity contribution in [3.63, 3.8) is 0 Å². The van der Waals surface area contributed by atoms with Gasteiger partial charge in [0.25, 0.3) is 0 Å². The molecule has 2 N–H and O–H groups in total. The molecule has 0 aliphatic carbocycles. The van der Waals surface area contributed by atoms with Gasteiger partial charge >= 0.3 is 6.03 Å². The van der Waals surface area contributed by atoms with Crippen LogP contribution in [0.25, 0.3) is 0 Å². The van der Waals surface area contributed by atoms with Crippen LogP contribution >= 0.6 is 11.8 Å². The Hall–Kier alpha value is -2.22. The summed E-state index contributed by atoms with van der Waals surface area (Å²) in [5.74, 6) is 2.37. The molecular formula is C26H37N5OS. The van der Waals surface area contributed by atoms with Crippen LogP contribution in [-0.2, 0) is 6.54 Å². The lowest BCUT2D eigenvalue weighted by Gasteiger charge is -2.34. The monoisotopic (exact) mass is 467 g/mol. The third-order valence-electron chi connectivity index (χ3n) is 6.49. The molecule has 0 bridgehead atoms. The summed E-state index contributed by atoms with van der Waals surface area (Å²) in [4.78, 5) is 19.8. The zero-order chi connectivity index (χ0) is 22.9. The molecule has 0 radical (unpaired) electrons. The number of hydrogen-bond donors (Lipinski definition) is 2. The van der Waals surface area contributed by atoms with Gasteiger partial charge in [-0.1, -0.05) is 30.3 Å². The van der Waals surface area contributed by atoms with E-state index in [1.807, 2.05) is 17.8 Å². The number of hydrogen-bond acceptors (Lipinski definition) is 5. The Balaban J connectivity index is 1.11. The van der Waals surface area contributed by atoms with Gasteiger partial charge in [-0.2, -0.15) is 11.8 Å². The number of carbonyl (C=O) groups excluding carboxylic acids is 1. The first-order valence-electron chi connectivity index (χ1n) is 12.1. The first kappa shape index (κ1) is 23.9. The molecule has 33 heavy (non-hydrogen) atoms. The lowest BCUT2D eigenvalue weighted by Crippen LogP contribution is -2.46. The van der Waals surface area contributed by atoms with Crippen molar-refractivity contribution in [1.29, 1.82) is 0 Å². The van der Waals surface area contributed by atoms with Crippen LogP contribution in [0.2, 0.25) is 0 Å². The summed E-state index contributed by atoms with van der Waals surface area (Å²) in [5.41, 5.74) is 4.63. The van der Waals surface area contributed by atoms with E-state index >= 15 is 0 Å². The standard InChI is InChI=1S/C26H37N5OS/c1-22-20-24(31-16-18-33-19-17-31)8-9-25(22)28-26(32)27-10-5-11-29-12-14-30(15-13-29)21-23-6-3-2-4-7-23/h2-4,6-9,20H,5,10-19,21H2,1H3,(H2,27,28,32). The zero-order valence-electron chi connectivity index (χ0n) is 19.8. The van der Waals surface area contributed by atoms with Crippen LogP contribution in [0.5, 0.6) is 0 Å². The highest BCUT2D eigenvalue weighted by Crippen LogP contribution is 2.25. The number of nitrogens with zero attached hydrogens (tertiary/aromatic N) is 3. The van der Waals surface area contributed by atoms with Crippen molar-refractivity contribution in [3.05, 3.63) is 59.7 Å². The fourth-order valence-corrected chi connectivity index (χ4v) is 5.39. The smallest absolute Gasteiger partial charge is 0.319 e. The first-order chi connectivity index (χ1) is 16.2. The molecule has 0 aromatic heterocycles. The largest absolute Gasteiger partial charge is 0.370 e. The van der Waals surface area contributed by atoms with E-state index in [1.54, 1.807) is 0 Å². The van der Waals surface area contributed by atoms with Gasteiger partial charge in [-0.3, -0.25) is 4.90 Å². The van der Waals surface area contributed by atoms with E-state index in [2.05, 4.69) is 74.7 Å². The fourth-order valence-electron chi connectivity index (χ4n) is 4.49. The van der Waals surface area contributed by atoms with E-state index < -0.39 is 0 Å². The second-order valence-corrected chi connectivity index (χ2v) is 10.2. The summed E-state index contributed by atoms with van der Waals surface area (Å²) < 4.78 is 0. The van der Waals surface area contributed by atoms with Crippen LogP contribution in [0.4, 0.5) is 16.2 Å². The second-order valence-electron chi connectivity index (χ2n) is 8.94. The molecule has 2 fully saturated rings. The van der Waals surface area contributed by atoms with Crippen molar-refractivity contribution in [1.82, 2.24) is 15.1 Å². The van der Waals surface area contributed by atoms with E-state index in [1.165, 1.54) is 22.8 Å². The van der Waals surface area contributed by atoms with E-state index in [4.69, 9.17) is 0 Å². The second kappa shape index (κ2) is 12.3. The number of amides is 2. The third kappa shape index (κ3) is 7.39. The van der Waals surface area contributed by atoms with Crippen LogP contribution in [0.15, 0.2) is 48.5 Å². The Morgan fingerprint density at radius 2 is 1.67 bits per heavy atom. The summed E-state index contributed by atoms with van der Waals surface area (Å²) in [6, 6.07) is 16.9. The maximum atomic E-state index is 12.4. The van der Waals surface area contributed by atoms with Crippen molar-refractivity contribution < 1.29 is 4.79 Å². The number of nitrogens with one attached hydrogen (secondary N) is 2. The van der Waals surface area contributed by atoms with Crippen LogP contribution in [-0.4, -0.2) is 79.7 Å². The number of piperazine rings is 1. The van der Waals surface area contributed by atoms with E-state index in [9.17, 15) is 4.79 Å². The van der Waals surface area contributed by atoms with Crippen LogP contribution in [0.1, 0.15) is 17.5 Å². The lowest BCUT2D eigenvalue weighted by atomic mass is 10.1. The molecule has 2 amide bonds. The molecule has 0 saturated carbocycles. The number of urea groups is 1. The zero-order valence-corrected chi connectivity index (χ0v) is 20.6. The summed E-state index contributed by atoms with van der Waals surface area (Å²) in [5, 5.41) is 6.03. The van der Waals surface area contributed by atoms with Crippen molar-refractivity contribution in [2.75, 3.05) is 74.1 Å². The predicted molar refractivity (Wildman–Crippen MR) is 141 cm³/mol. The molecule has 0 unspecified atom stereocenters. The number of thioether (sulfide) groups is 1. The van der Waals surface area contributed by atoms with Gasteiger partial charge in [0.15, 0.2) is 0 Å². The summed E-state index contributed by atoms with van der Waals surface area (Å²) in [6.45, 7) is 11.4. The number of carbonyl (C=O) groups is 1. The summed E-state index contributed by atoms with van der Waals surface area (Å²) in [7, 11) is 0. The average molecular weight is 468 g/mol. The fraction of sp³-hybridized carbons (Fsp3) is 0.500. The minimum absolute atomic E-state index is 0.118. The Bertz CT molecular complexity index is 880. The lowest BCUT2D eigenvalue weighted by molar-refractivity contribution is 0.126. The number of rotatable bonds is 8. The normalized spacial score (nSPS) is 17.7. The SMILES string of the molecule is Cc1cc(N2CCSCC2)ccc1NC(=O)NCCCN1CCN(Cc2ccccc2)CC1. The number of anilines is 2. The van der Waals surface area contributed by atoms with Gasteiger partial charge in [0.2, 0.25) is 0 Å². The van der Waals surface area contributed by atoms with Gasteiger partial charge in [0.1, 0.15) is 0 Å². The van der Waals surface area contributed by atoms with Crippen molar-refractivity contribution >= 4 is 29.2 Å². The molecule has 2 aromatic carbocycles. The molecule has 2 aliphatic heterocycles. The molecule has 2 aromatic rings. The maximum Gasteiger partial charge on any atom is 0.319 e. The Kier molecular flexibility index (Phi) is 8.92.